The van der Waals surface area contributed by atoms with Gasteiger partial charge in [0.05, 0.1) is 5.92 Å². The first-order valence-corrected chi connectivity index (χ1v) is 8.18. The van der Waals surface area contributed by atoms with Crippen molar-refractivity contribution in [2.75, 3.05) is 11.6 Å². The molecule has 1 fully saturated rings. The number of hydrogen-bond acceptors (Lipinski definition) is 2. The first-order valence-electron chi connectivity index (χ1n) is 6.96. The van der Waals surface area contributed by atoms with Crippen LogP contribution < -0.4 is 5.32 Å². The summed E-state index contributed by atoms with van der Waals surface area (Å²) in [5.74, 6) is 0.572. The summed E-state index contributed by atoms with van der Waals surface area (Å²) < 4.78 is 0. The Morgan fingerprint density at radius 2 is 2.05 bits per heavy atom. The highest BCUT2D eigenvalue weighted by Crippen LogP contribution is 2.59. The first kappa shape index (κ1) is 15.2. The maximum atomic E-state index is 12.4. The topological polar surface area (TPSA) is 29.1 Å². The molecule has 1 amide bonds. The Balaban J connectivity index is 2.08. The molecular formula is C17H23NOS. The van der Waals surface area contributed by atoms with E-state index in [2.05, 4.69) is 39.1 Å². The summed E-state index contributed by atoms with van der Waals surface area (Å²) in [7, 11) is 0. The minimum atomic E-state index is 0.0679. The Morgan fingerprint density at radius 1 is 1.35 bits per heavy atom. The van der Waals surface area contributed by atoms with Gasteiger partial charge in [0.15, 0.2) is 0 Å². The van der Waals surface area contributed by atoms with Crippen molar-refractivity contribution in [3.8, 4) is 0 Å². The fourth-order valence-electron chi connectivity index (χ4n) is 2.77. The van der Waals surface area contributed by atoms with Crippen molar-refractivity contribution in [2.24, 2.45) is 17.3 Å². The molecule has 1 aliphatic carbocycles. The molecule has 20 heavy (non-hydrogen) atoms. The molecule has 2 nitrogen and oxygen atoms in total. The number of rotatable bonds is 4. The van der Waals surface area contributed by atoms with Crippen LogP contribution in [0.2, 0.25) is 0 Å². The Kier molecular flexibility index (Phi) is 4.28. The van der Waals surface area contributed by atoms with Crippen molar-refractivity contribution in [3.05, 3.63) is 35.9 Å². The predicted molar refractivity (Wildman–Crippen MR) is 87.0 cm³/mol. The average molecular weight is 289 g/mol. The molecule has 1 aliphatic rings. The zero-order valence-corrected chi connectivity index (χ0v) is 13.7. The van der Waals surface area contributed by atoms with E-state index in [9.17, 15) is 4.79 Å². The van der Waals surface area contributed by atoms with Crippen LogP contribution in [0.25, 0.3) is 0 Å². The van der Waals surface area contributed by atoms with Crippen LogP contribution in [0, 0.1) is 17.3 Å². The van der Waals surface area contributed by atoms with Gasteiger partial charge >= 0.3 is 0 Å². The Hall–Kier alpha value is -1.22. The summed E-state index contributed by atoms with van der Waals surface area (Å²) >= 11 is 1.68. The number of carbonyl (C=O) groups is 1. The third-order valence-corrected chi connectivity index (χ3v) is 4.77. The summed E-state index contributed by atoms with van der Waals surface area (Å²) in [6.07, 6.45) is 4.26. The van der Waals surface area contributed by atoms with Gasteiger partial charge in [0.2, 0.25) is 5.91 Å². The lowest BCUT2D eigenvalue weighted by Gasteiger charge is -2.07. The number of nitrogens with one attached hydrogen (secondary N) is 1. The van der Waals surface area contributed by atoms with Gasteiger partial charge in [-0.1, -0.05) is 31.6 Å². The van der Waals surface area contributed by atoms with Gasteiger partial charge in [0.25, 0.3) is 0 Å². The van der Waals surface area contributed by atoms with E-state index in [-0.39, 0.29) is 17.2 Å². The fourth-order valence-corrected chi connectivity index (χ4v) is 3.23. The fraction of sp³-hybridized carbons (Fsp3) is 0.471. The lowest BCUT2D eigenvalue weighted by molar-refractivity contribution is -0.118. The molecule has 0 heterocycles. The van der Waals surface area contributed by atoms with Crippen LogP contribution in [0.1, 0.15) is 27.7 Å². The Bertz CT molecular complexity index is 544. The zero-order valence-electron chi connectivity index (χ0n) is 12.9. The molecule has 0 unspecified atom stereocenters. The van der Waals surface area contributed by atoms with Crippen molar-refractivity contribution in [1.82, 2.24) is 0 Å². The molecule has 3 heteroatoms. The van der Waals surface area contributed by atoms with E-state index >= 15 is 0 Å². The van der Waals surface area contributed by atoms with E-state index < -0.39 is 0 Å². The van der Waals surface area contributed by atoms with E-state index in [1.54, 1.807) is 11.8 Å². The standard InChI is InChI=1S/C17H23NOS/c1-11(2)9-14-15(17(14,3)4)16(19)18-12-7-6-8-13(10-12)20-5/h6-10,14-15H,1-5H3,(H,18,19)/t14-,15-/m1/s1. The van der Waals surface area contributed by atoms with Gasteiger partial charge in [-0.15, -0.1) is 11.8 Å². The average Bonchev–Trinajstić information content (AvgIpc) is 2.90. The minimum Gasteiger partial charge on any atom is -0.326 e. The molecule has 2 atom stereocenters. The van der Waals surface area contributed by atoms with Gasteiger partial charge in [0, 0.05) is 10.6 Å². The number of anilines is 1. The number of amides is 1. The summed E-state index contributed by atoms with van der Waals surface area (Å²) in [4.78, 5) is 13.6. The first-order chi connectivity index (χ1) is 9.36. The lowest BCUT2D eigenvalue weighted by Crippen LogP contribution is -2.16. The van der Waals surface area contributed by atoms with Crippen LogP contribution in [-0.4, -0.2) is 12.2 Å². The minimum absolute atomic E-state index is 0.0679. The highest BCUT2D eigenvalue weighted by molar-refractivity contribution is 7.98. The smallest absolute Gasteiger partial charge is 0.228 e. The number of thioether (sulfide) groups is 1. The van der Waals surface area contributed by atoms with E-state index in [0.29, 0.717) is 5.92 Å². The van der Waals surface area contributed by atoms with Gasteiger partial charge in [-0.05, 0) is 49.6 Å². The molecule has 1 saturated carbocycles. The molecule has 0 saturated heterocycles. The second kappa shape index (κ2) is 5.65. The van der Waals surface area contributed by atoms with Gasteiger partial charge in [-0.3, -0.25) is 4.79 Å². The van der Waals surface area contributed by atoms with Crippen LogP contribution in [-0.2, 0) is 4.79 Å². The molecule has 1 aromatic rings. The molecule has 2 rings (SSSR count). The Morgan fingerprint density at radius 3 is 2.65 bits per heavy atom. The molecular weight excluding hydrogens is 266 g/mol. The molecule has 0 aromatic heterocycles. The summed E-state index contributed by atoms with van der Waals surface area (Å²) in [5.41, 5.74) is 2.24. The molecule has 108 valence electrons. The van der Waals surface area contributed by atoms with Crippen molar-refractivity contribution in [2.45, 2.75) is 32.6 Å². The summed E-state index contributed by atoms with van der Waals surface area (Å²) in [6, 6.07) is 8.00. The van der Waals surface area contributed by atoms with E-state index in [4.69, 9.17) is 0 Å². The SMILES string of the molecule is CSc1cccc(NC(=O)[C@H]2[C@@H](C=C(C)C)C2(C)C)c1. The van der Waals surface area contributed by atoms with Crippen LogP contribution in [0.15, 0.2) is 40.8 Å². The van der Waals surface area contributed by atoms with E-state index in [1.165, 1.54) is 10.5 Å². The summed E-state index contributed by atoms with van der Waals surface area (Å²) in [5, 5.41) is 3.06. The van der Waals surface area contributed by atoms with E-state index in [1.807, 2.05) is 30.5 Å². The number of carbonyl (C=O) groups excluding carboxylic acids is 1. The maximum Gasteiger partial charge on any atom is 0.228 e. The molecule has 0 bridgehead atoms. The highest BCUT2D eigenvalue weighted by Gasteiger charge is 2.60. The highest BCUT2D eigenvalue weighted by atomic mass is 32.2. The molecule has 1 aromatic carbocycles. The van der Waals surface area contributed by atoms with Gasteiger partial charge < -0.3 is 5.32 Å². The number of hydrogen-bond donors (Lipinski definition) is 1. The monoisotopic (exact) mass is 289 g/mol. The lowest BCUT2D eigenvalue weighted by atomic mass is 10.1. The van der Waals surface area contributed by atoms with Crippen LogP contribution in [0.4, 0.5) is 5.69 Å². The van der Waals surface area contributed by atoms with Crippen LogP contribution >= 0.6 is 11.8 Å². The molecule has 0 spiro atoms. The third-order valence-electron chi connectivity index (χ3n) is 4.04. The van der Waals surface area contributed by atoms with E-state index in [0.717, 1.165) is 5.69 Å². The van der Waals surface area contributed by atoms with Gasteiger partial charge in [-0.25, -0.2) is 0 Å². The van der Waals surface area contributed by atoms with Crippen molar-refractivity contribution < 1.29 is 4.79 Å². The molecule has 1 N–H and O–H groups in total. The number of allylic oxidation sites excluding steroid dienone is 2. The second-order valence-electron chi connectivity index (χ2n) is 6.29. The van der Waals surface area contributed by atoms with Crippen molar-refractivity contribution in [3.63, 3.8) is 0 Å². The zero-order chi connectivity index (χ0) is 14.9. The van der Waals surface area contributed by atoms with Crippen molar-refractivity contribution in [1.29, 1.82) is 0 Å². The summed E-state index contributed by atoms with van der Waals surface area (Å²) in [6.45, 7) is 8.51. The molecule has 0 radical (unpaired) electrons. The quantitative estimate of drug-likeness (QED) is 0.649. The Labute approximate surface area is 126 Å². The largest absolute Gasteiger partial charge is 0.326 e. The van der Waals surface area contributed by atoms with Crippen LogP contribution in [0.3, 0.4) is 0 Å². The predicted octanol–water partition coefficient (Wildman–Crippen LogP) is 4.59. The molecule has 0 aliphatic heterocycles. The third kappa shape index (κ3) is 3.09. The van der Waals surface area contributed by atoms with Crippen LogP contribution in [0.5, 0.6) is 0 Å². The van der Waals surface area contributed by atoms with Gasteiger partial charge in [0.1, 0.15) is 0 Å². The van der Waals surface area contributed by atoms with Gasteiger partial charge in [-0.2, -0.15) is 0 Å². The number of benzene rings is 1. The normalized spacial score (nSPS) is 23.1. The second-order valence-corrected chi connectivity index (χ2v) is 7.17. The van der Waals surface area contributed by atoms with Crippen molar-refractivity contribution >= 4 is 23.4 Å². The maximum absolute atomic E-state index is 12.4.